The summed E-state index contributed by atoms with van der Waals surface area (Å²) in [4.78, 5) is 1.13. The minimum absolute atomic E-state index is 0.121. The lowest BCUT2D eigenvalue weighted by molar-refractivity contribution is 0.392. The van der Waals surface area contributed by atoms with Crippen molar-refractivity contribution in [2.75, 3.05) is 5.75 Å². The van der Waals surface area contributed by atoms with Crippen molar-refractivity contribution in [1.29, 1.82) is 0 Å². The molecule has 3 aromatic rings. The maximum atomic E-state index is 13.1. The molecule has 3 atom stereocenters. The van der Waals surface area contributed by atoms with Crippen LogP contribution in [0.3, 0.4) is 0 Å². The summed E-state index contributed by atoms with van der Waals surface area (Å²) in [5.41, 5.74) is 1.72. The average molecular weight is 380 g/mol. The fourth-order valence-electron chi connectivity index (χ4n) is 4.13. The number of rotatable bonds is 6. The number of halogens is 1. The Hall–Kier alpha value is -1.84. The van der Waals surface area contributed by atoms with Gasteiger partial charge in [0.2, 0.25) is 0 Å². The maximum absolute atomic E-state index is 13.1. The Morgan fingerprint density at radius 2 is 1.70 bits per heavy atom. The van der Waals surface area contributed by atoms with E-state index in [9.17, 15) is 4.39 Å². The van der Waals surface area contributed by atoms with Crippen LogP contribution in [-0.4, -0.2) is 11.3 Å². The Bertz CT molecular complexity index is 949. The van der Waals surface area contributed by atoms with Crippen molar-refractivity contribution in [1.82, 2.24) is 5.32 Å². The molecule has 0 amide bonds. The van der Waals surface area contributed by atoms with Gasteiger partial charge in [-0.25, -0.2) is 4.39 Å². The summed E-state index contributed by atoms with van der Waals surface area (Å²) in [5.74, 6) is 0.858. The molecule has 1 aliphatic rings. The quantitative estimate of drug-likeness (QED) is 0.485. The Morgan fingerprint density at radius 1 is 1.00 bits per heavy atom. The summed E-state index contributed by atoms with van der Waals surface area (Å²) in [6, 6.07) is 22.3. The van der Waals surface area contributed by atoms with Gasteiger partial charge in [-0.2, -0.15) is 0 Å². The Labute approximate surface area is 165 Å². The molecule has 3 heteroatoms. The van der Waals surface area contributed by atoms with Gasteiger partial charge in [0.05, 0.1) is 0 Å². The highest BCUT2D eigenvalue weighted by Gasteiger charge is 2.60. The standard InChI is InChI=1S/C24H26FNS/c1-17(21-10-6-8-18-7-4-5-9-22(18)21)26-24(3)15-23(24,2)16-27-20-13-11-19(25)12-14-20/h4-14,17,26H,15-16H2,1-3H3/t17-,23?,24?/m1/s1. The first-order valence-electron chi connectivity index (χ1n) is 9.54. The molecule has 0 bridgehead atoms. The van der Waals surface area contributed by atoms with E-state index in [-0.39, 0.29) is 16.8 Å². The highest BCUT2D eigenvalue weighted by molar-refractivity contribution is 7.99. The lowest BCUT2D eigenvalue weighted by Crippen LogP contribution is -2.36. The first-order chi connectivity index (χ1) is 12.9. The smallest absolute Gasteiger partial charge is 0.123 e. The summed E-state index contributed by atoms with van der Waals surface area (Å²) in [7, 11) is 0. The van der Waals surface area contributed by atoms with Gasteiger partial charge in [0, 0.05) is 22.2 Å². The summed E-state index contributed by atoms with van der Waals surface area (Å²) >= 11 is 1.82. The number of thioether (sulfide) groups is 1. The average Bonchev–Trinajstić information content (AvgIpc) is 3.21. The van der Waals surface area contributed by atoms with Gasteiger partial charge in [0.1, 0.15) is 5.82 Å². The molecule has 1 fully saturated rings. The normalized spacial score (nSPS) is 25.5. The Kier molecular flexibility index (Phi) is 4.77. The molecule has 1 aliphatic carbocycles. The summed E-state index contributed by atoms with van der Waals surface area (Å²) in [6.45, 7) is 6.95. The molecule has 0 spiro atoms. The van der Waals surface area contributed by atoms with E-state index in [1.807, 2.05) is 23.9 Å². The first-order valence-corrected chi connectivity index (χ1v) is 10.5. The highest BCUT2D eigenvalue weighted by atomic mass is 32.2. The molecule has 0 saturated heterocycles. The van der Waals surface area contributed by atoms with Crippen molar-refractivity contribution >= 4 is 22.5 Å². The third-order valence-corrected chi connectivity index (χ3v) is 7.53. The van der Waals surface area contributed by atoms with Crippen LogP contribution in [0, 0.1) is 11.2 Å². The molecule has 0 radical (unpaired) electrons. The number of hydrogen-bond acceptors (Lipinski definition) is 2. The molecule has 140 valence electrons. The van der Waals surface area contributed by atoms with Gasteiger partial charge >= 0.3 is 0 Å². The zero-order valence-electron chi connectivity index (χ0n) is 16.1. The lowest BCUT2D eigenvalue weighted by Gasteiger charge is -2.26. The van der Waals surface area contributed by atoms with Crippen LogP contribution in [0.25, 0.3) is 10.8 Å². The van der Waals surface area contributed by atoms with Crippen molar-refractivity contribution in [2.24, 2.45) is 5.41 Å². The molecule has 1 N–H and O–H groups in total. The summed E-state index contributed by atoms with van der Waals surface area (Å²) < 4.78 is 13.1. The molecule has 0 heterocycles. The third-order valence-electron chi connectivity index (χ3n) is 6.15. The second kappa shape index (κ2) is 6.96. The zero-order valence-corrected chi connectivity index (χ0v) is 16.9. The van der Waals surface area contributed by atoms with Gasteiger partial charge in [0.25, 0.3) is 0 Å². The van der Waals surface area contributed by atoms with E-state index in [0.29, 0.717) is 6.04 Å². The van der Waals surface area contributed by atoms with Crippen LogP contribution in [-0.2, 0) is 0 Å². The minimum atomic E-state index is -0.174. The van der Waals surface area contributed by atoms with Crippen molar-refractivity contribution in [2.45, 2.75) is 43.7 Å². The van der Waals surface area contributed by atoms with Crippen molar-refractivity contribution in [3.63, 3.8) is 0 Å². The second-order valence-corrected chi connectivity index (χ2v) is 9.30. The predicted octanol–water partition coefficient (Wildman–Crippen LogP) is 6.59. The molecule has 0 aromatic heterocycles. The third kappa shape index (κ3) is 3.63. The molecule has 0 aliphatic heterocycles. The monoisotopic (exact) mass is 379 g/mol. The largest absolute Gasteiger partial charge is 0.304 e. The number of benzene rings is 3. The van der Waals surface area contributed by atoms with Crippen molar-refractivity contribution in [3.05, 3.63) is 78.1 Å². The molecule has 4 rings (SSSR count). The van der Waals surface area contributed by atoms with Gasteiger partial charge in [-0.15, -0.1) is 11.8 Å². The van der Waals surface area contributed by atoms with E-state index in [0.717, 1.165) is 17.1 Å². The van der Waals surface area contributed by atoms with Crippen LogP contribution in [0.15, 0.2) is 71.6 Å². The topological polar surface area (TPSA) is 12.0 Å². The lowest BCUT2D eigenvalue weighted by atomic mass is 9.97. The van der Waals surface area contributed by atoms with Gasteiger partial charge < -0.3 is 5.32 Å². The first kappa shape index (κ1) is 18.5. The summed E-state index contributed by atoms with van der Waals surface area (Å²) in [6.07, 6.45) is 1.16. The Morgan fingerprint density at radius 3 is 2.48 bits per heavy atom. The van der Waals surface area contributed by atoms with Gasteiger partial charge in [0.15, 0.2) is 0 Å². The van der Waals surface area contributed by atoms with E-state index >= 15 is 0 Å². The van der Waals surface area contributed by atoms with Gasteiger partial charge in [-0.3, -0.25) is 0 Å². The van der Waals surface area contributed by atoms with E-state index < -0.39 is 0 Å². The van der Waals surface area contributed by atoms with Crippen LogP contribution in [0.5, 0.6) is 0 Å². The highest BCUT2D eigenvalue weighted by Crippen LogP contribution is 2.58. The molecule has 1 saturated carbocycles. The van der Waals surface area contributed by atoms with E-state index in [4.69, 9.17) is 0 Å². The van der Waals surface area contributed by atoms with Crippen molar-refractivity contribution in [3.8, 4) is 0 Å². The van der Waals surface area contributed by atoms with Crippen LogP contribution in [0.4, 0.5) is 4.39 Å². The van der Waals surface area contributed by atoms with Gasteiger partial charge in [-0.05, 0) is 66.3 Å². The Balaban J connectivity index is 1.45. The predicted molar refractivity (Wildman–Crippen MR) is 114 cm³/mol. The molecular weight excluding hydrogens is 353 g/mol. The molecule has 1 nitrogen and oxygen atoms in total. The van der Waals surface area contributed by atoms with Crippen LogP contribution >= 0.6 is 11.8 Å². The van der Waals surface area contributed by atoms with Gasteiger partial charge in [-0.1, -0.05) is 49.4 Å². The van der Waals surface area contributed by atoms with Crippen molar-refractivity contribution < 1.29 is 4.39 Å². The van der Waals surface area contributed by atoms with E-state index in [1.54, 1.807) is 0 Å². The molecular formula is C24H26FNS. The number of fused-ring (bicyclic) bond motifs is 1. The van der Waals surface area contributed by atoms with E-state index in [1.165, 1.54) is 28.5 Å². The molecule has 27 heavy (non-hydrogen) atoms. The minimum Gasteiger partial charge on any atom is -0.304 e. The summed E-state index contributed by atoms with van der Waals surface area (Å²) in [5, 5.41) is 6.52. The fourth-order valence-corrected chi connectivity index (χ4v) is 5.36. The second-order valence-electron chi connectivity index (χ2n) is 8.25. The SMILES string of the molecule is C[C@@H](NC1(C)CC1(C)CSc1ccc(F)cc1)c1cccc2ccccc12. The maximum Gasteiger partial charge on any atom is 0.123 e. The number of nitrogens with one attached hydrogen (secondary N) is 1. The fraction of sp³-hybridized carbons (Fsp3) is 0.333. The van der Waals surface area contributed by atoms with E-state index in [2.05, 4.69) is 68.6 Å². The molecule has 3 aromatic carbocycles. The van der Waals surface area contributed by atoms with Crippen LogP contribution in [0.2, 0.25) is 0 Å². The van der Waals surface area contributed by atoms with Crippen LogP contribution < -0.4 is 5.32 Å². The number of hydrogen-bond donors (Lipinski definition) is 1. The zero-order chi connectivity index (χ0) is 19.1. The van der Waals surface area contributed by atoms with Crippen LogP contribution in [0.1, 0.15) is 38.8 Å². The molecule has 2 unspecified atom stereocenters.